The van der Waals surface area contributed by atoms with Crippen molar-refractivity contribution < 1.29 is 14.5 Å². The Morgan fingerprint density at radius 2 is 1.76 bits per heavy atom. The van der Waals surface area contributed by atoms with Gasteiger partial charge in [0, 0.05) is 37.5 Å². The number of hydrogen-bond donors (Lipinski definition) is 2. The van der Waals surface area contributed by atoms with Gasteiger partial charge in [-0.15, -0.1) is 0 Å². The van der Waals surface area contributed by atoms with Crippen LogP contribution >= 0.6 is 0 Å². The average molecular weight is 396 g/mol. The van der Waals surface area contributed by atoms with Gasteiger partial charge in [0.25, 0.3) is 5.69 Å². The first-order valence-electron chi connectivity index (χ1n) is 9.62. The van der Waals surface area contributed by atoms with E-state index in [1.54, 1.807) is 6.92 Å². The molecular formula is C21H24N4O4. The molecule has 2 N–H and O–H groups in total. The molecule has 0 spiro atoms. The predicted octanol–water partition coefficient (Wildman–Crippen LogP) is 2.80. The Hall–Kier alpha value is -3.42. The van der Waals surface area contributed by atoms with Crippen LogP contribution in [0.3, 0.4) is 0 Å². The van der Waals surface area contributed by atoms with Crippen LogP contribution in [0, 0.1) is 17.0 Å². The molecule has 2 amide bonds. The largest absolute Gasteiger partial charge is 0.372 e. The third-order valence-corrected chi connectivity index (χ3v) is 4.99. The van der Waals surface area contributed by atoms with Gasteiger partial charge in [0.1, 0.15) is 0 Å². The van der Waals surface area contributed by atoms with E-state index in [0.29, 0.717) is 18.5 Å². The molecule has 1 fully saturated rings. The van der Waals surface area contributed by atoms with Crippen LogP contribution in [-0.2, 0) is 16.0 Å². The van der Waals surface area contributed by atoms with Gasteiger partial charge in [0.2, 0.25) is 0 Å². The number of carbonyl (C=O) groups is 2. The van der Waals surface area contributed by atoms with E-state index in [2.05, 4.69) is 27.7 Å². The lowest BCUT2D eigenvalue weighted by Crippen LogP contribution is -2.36. The lowest BCUT2D eigenvalue weighted by atomic mass is 10.1. The molecule has 1 aliphatic heterocycles. The van der Waals surface area contributed by atoms with Gasteiger partial charge in [0.05, 0.1) is 10.6 Å². The number of nitro groups is 1. The summed E-state index contributed by atoms with van der Waals surface area (Å²) in [6, 6.07) is 12.3. The van der Waals surface area contributed by atoms with Crippen LogP contribution in [0.25, 0.3) is 0 Å². The number of nitro benzene ring substituents is 1. The van der Waals surface area contributed by atoms with E-state index >= 15 is 0 Å². The summed E-state index contributed by atoms with van der Waals surface area (Å²) in [6.07, 6.45) is 3.06. The summed E-state index contributed by atoms with van der Waals surface area (Å²) in [5, 5.41) is 15.9. The fourth-order valence-corrected chi connectivity index (χ4v) is 3.29. The second-order valence-corrected chi connectivity index (χ2v) is 7.08. The summed E-state index contributed by atoms with van der Waals surface area (Å²) in [7, 11) is 0. The first-order valence-corrected chi connectivity index (χ1v) is 9.62. The summed E-state index contributed by atoms with van der Waals surface area (Å²) >= 11 is 0. The van der Waals surface area contributed by atoms with Crippen molar-refractivity contribution in [2.24, 2.45) is 0 Å². The minimum atomic E-state index is -0.849. The Kier molecular flexibility index (Phi) is 6.43. The summed E-state index contributed by atoms with van der Waals surface area (Å²) in [6.45, 7) is 4.20. The summed E-state index contributed by atoms with van der Waals surface area (Å²) in [5.74, 6) is -1.62. The standard InChI is InChI=1S/C21H24N4O4/c1-15-4-7-18(25(28)29)14-19(15)23-21(27)20(26)22-11-10-16-5-8-17(9-6-16)24-12-2-3-13-24/h4-9,14H,2-3,10-13H2,1H3,(H,22,26)(H,23,27). The summed E-state index contributed by atoms with van der Waals surface area (Å²) in [4.78, 5) is 36.8. The number of carbonyl (C=O) groups excluding carboxylic acids is 2. The third-order valence-electron chi connectivity index (χ3n) is 4.99. The quantitative estimate of drug-likeness (QED) is 0.444. The predicted molar refractivity (Wildman–Crippen MR) is 111 cm³/mol. The van der Waals surface area contributed by atoms with Gasteiger partial charge in [-0.25, -0.2) is 0 Å². The molecule has 0 atom stereocenters. The number of hydrogen-bond acceptors (Lipinski definition) is 5. The molecule has 1 saturated heterocycles. The van der Waals surface area contributed by atoms with Gasteiger partial charge in [-0.2, -0.15) is 0 Å². The van der Waals surface area contributed by atoms with Crippen molar-refractivity contribution >= 4 is 28.9 Å². The molecule has 0 unspecified atom stereocenters. The van der Waals surface area contributed by atoms with Gasteiger partial charge in [-0.05, 0) is 49.4 Å². The molecule has 1 aliphatic rings. The zero-order valence-electron chi connectivity index (χ0n) is 16.3. The Morgan fingerprint density at radius 1 is 1.07 bits per heavy atom. The Balaban J connectivity index is 1.48. The van der Waals surface area contributed by atoms with Crippen LogP contribution in [0.5, 0.6) is 0 Å². The smallest absolute Gasteiger partial charge is 0.313 e. The molecule has 0 radical (unpaired) electrons. The molecule has 2 aromatic rings. The first kappa shape index (κ1) is 20.3. The highest BCUT2D eigenvalue weighted by atomic mass is 16.6. The van der Waals surface area contributed by atoms with Crippen LogP contribution in [-0.4, -0.2) is 36.4 Å². The Bertz CT molecular complexity index is 905. The Morgan fingerprint density at radius 3 is 2.41 bits per heavy atom. The van der Waals surface area contributed by atoms with Crippen molar-refractivity contribution in [2.75, 3.05) is 29.9 Å². The second-order valence-electron chi connectivity index (χ2n) is 7.08. The van der Waals surface area contributed by atoms with Crippen molar-refractivity contribution in [3.63, 3.8) is 0 Å². The molecule has 8 nitrogen and oxygen atoms in total. The highest BCUT2D eigenvalue weighted by Gasteiger charge is 2.16. The zero-order chi connectivity index (χ0) is 20.8. The minimum Gasteiger partial charge on any atom is -0.372 e. The number of nitrogens with zero attached hydrogens (tertiary/aromatic N) is 2. The minimum absolute atomic E-state index is 0.149. The molecule has 0 aliphatic carbocycles. The number of anilines is 2. The fourth-order valence-electron chi connectivity index (χ4n) is 3.29. The van der Waals surface area contributed by atoms with Crippen LogP contribution in [0.2, 0.25) is 0 Å². The third kappa shape index (κ3) is 5.31. The molecule has 8 heteroatoms. The topological polar surface area (TPSA) is 105 Å². The van der Waals surface area contributed by atoms with Gasteiger partial charge in [-0.3, -0.25) is 19.7 Å². The van der Waals surface area contributed by atoms with Crippen molar-refractivity contribution in [1.29, 1.82) is 0 Å². The van der Waals surface area contributed by atoms with Crippen LogP contribution in [0.1, 0.15) is 24.0 Å². The number of rotatable bonds is 6. The summed E-state index contributed by atoms with van der Waals surface area (Å²) in [5.41, 5.74) is 3.01. The number of benzene rings is 2. The van der Waals surface area contributed by atoms with Crippen LogP contribution in [0.15, 0.2) is 42.5 Å². The van der Waals surface area contributed by atoms with E-state index in [4.69, 9.17) is 0 Å². The molecule has 2 aromatic carbocycles. The van der Waals surface area contributed by atoms with E-state index in [0.717, 1.165) is 18.7 Å². The number of non-ortho nitro benzene ring substituents is 1. The SMILES string of the molecule is Cc1ccc([N+](=O)[O-])cc1NC(=O)C(=O)NCCc1ccc(N2CCCC2)cc1. The summed E-state index contributed by atoms with van der Waals surface area (Å²) < 4.78 is 0. The van der Waals surface area contributed by atoms with Gasteiger partial charge < -0.3 is 15.5 Å². The van der Waals surface area contributed by atoms with Crippen LogP contribution in [0.4, 0.5) is 17.1 Å². The highest BCUT2D eigenvalue weighted by molar-refractivity contribution is 6.39. The molecule has 3 rings (SSSR count). The second kappa shape index (κ2) is 9.18. The molecular weight excluding hydrogens is 372 g/mol. The number of aryl methyl sites for hydroxylation is 1. The van der Waals surface area contributed by atoms with Gasteiger partial charge in [-0.1, -0.05) is 18.2 Å². The van der Waals surface area contributed by atoms with Gasteiger partial charge >= 0.3 is 11.8 Å². The lowest BCUT2D eigenvalue weighted by molar-refractivity contribution is -0.384. The van der Waals surface area contributed by atoms with E-state index in [1.165, 1.54) is 36.7 Å². The monoisotopic (exact) mass is 396 g/mol. The molecule has 0 saturated carbocycles. The first-order chi connectivity index (χ1) is 13.9. The van der Waals surface area contributed by atoms with E-state index in [1.807, 2.05) is 12.1 Å². The van der Waals surface area contributed by atoms with E-state index in [9.17, 15) is 19.7 Å². The van der Waals surface area contributed by atoms with Crippen LogP contribution < -0.4 is 15.5 Å². The lowest BCUT2D eigenvalue weighted by Gasteiger charge is -2.17. The van der Waals surface area contributed by atoms with Crippen molar-refractivity contribution in [3.05, 3.63) is 63.7 Å². The maximum atomic E-state index is 12.1. The maximum Gasteiger partial charge on any atom is 0.313 e. The van der Waals surface area contributed by atoms with E-state index in [-0.39, 0.29) is 11.4 Å². The highest BCUT2D eigenvalue weighted by Crippen LogP contribution is 2.22. The molecule has 152 valence electrons. The molecule has 0 bridgehead atoms. The van der Waals surface area contributed by atoms with Gasteiger partial charge in [0.15, 0.2) is 0 Å². The molecule has 1 heterocycles. The fraction of sp³-hybridized carbons (Fsp3) is 0.333. The molecule has 29 heavy (non-hydrogen) atoms. The average Bonchev–Trinajstić information content (AvgIpc) is 3.24. The number of nitrogens with one attached hydrogen (secondary N) is 2. The maximum absolute atomic E-state index is 12.1. The van der Waals surface area contributed by atoms with Crippen molar-refractivity contribution in [3.8, 4) is 0 Å². The normalized spacial score (nSPS) is 13.2. The zero-order valence-corrected chi connectivity index (χ0v) is 16.3. The van der Waals surface area contributed by atoms with Crippen molar-refractivity contribution in [1.82, 2.24) is 5.32 Å². The van der Waals surface area contributed by atoms with Crippen molar-refractivity contribution in [2.45, 2.75) is 26.2 Å². The molecule has 0 aromatic heterocycles. The Labute approximate surface area is 169 Å². The number of amides is 2. The van der Waals surface area contributed by atoms with E-state index < -0.39 is 16.7 Å².